The van der Waals surface area contributed by atoms with E-state index in [2.05, 4.69) is 20.3 Å². The maximum atomic E-state index is 14.8. The molecular formula is C23H20ClFN4O2. The summed E-state index contributed by atoms with van der Waals surface area (Å²) in [6.07, 6.45) is 2.25. The fourth-order valence-corrected chi connectivity index (χ4v) is 4.10. The molecule has 0 radical (unpaired) electrons. The molecule has 2 aromatic carbocycles. The van der Waals surface area contributed by atoms with Crippen molar-refractivity contribution in [2.24, 2.45) is 0 Å². The van der Waals surface area contributed by atoms with Gasteiger partial charge in [0.05, 0.1) is 24.3 Å². The maximum Gasteiger partial charge on any atom is 0.165 e. The molecule has 3 heterocycles. The number of H-pyrrole nitrogens is 1. The minimum atomic E-state index is -0.453. The normalized spacial score (nSPS) is 15.0. The van der Waals surface area contributed by atoms with Crippen LogP contribution < -0.4 is 14.8 Å². The molecule has 2 N–H and O–H groups in total. The van der Waals surface area contributed by atoms with E-state index in [4.69, 9.17) is 21.1 Å². The number of rotatable bonds is 6. The second-order valence-corrected chi connectivity index (χ2v) is 7.87. The highest BCUT2D eigenvalue weighted by Crippen LogP contribution is 2.37. The minimum absolute atomic E-state index is 0.0995. The summed E-state index contributed by atoms with van der Waals surface area (Å²) in [5.41, 5.74) is 3.51. The number of halogens is 2. The number of aromatic amines is 1. The number of para-hydroxylation sites is 2. The van der Waals surface area contributed by atoms with Crippen molar-refractivity contribution in [1.82, 2.24) is 15.0 Å². The van der Waals surface area contributed by atoms with Crippen LogP contribution in [0.15, 0.2) is 48.7 Å². The van der Waals surface area contributed by atoms with E-state index in [9.17, 15) is 4.39 Å². The molecule has 0 aliphatic carbocycles. The molecule has 158 valence electrons. The predicted octanol–water partition coefficient (Wildman–Crippen LogP) is 5.09. The first-order valence-electron chi connectivity index (χ1n) is 9.93. The van der Waals surface area contributed by atoms with Gasteiger partial charge in [0.25, 0.3) is 0 Å². The Hall–Kier alpha value is -3.32. The van der Waals surface area contributed by atoms with Crippen molar-refractivity contribution >= 4 is 28.5 Å². The van der Waals surface area contributed by atoms with Crippen molar-refractivity contribution in [2.45, 2.75) is 18.9 Å². The number of imidazole rings is 1. The molecule has 0 spiro atoms. The van der Waals surface area contributed by atoms with Gasteiger partial charge in [-0.25, -0.2) is 14.4 Å². The van der Waals surface area contributed by atoms with Gasteiger partial charge in [-0.3, -0.25) is 0 Å². The topological polar surface area (TPSA) is 72.1 Å². The van der Waals surface area contributed by atoms with Crippen molar-refractivity contribution in [3.63, 3.8) is 0 Å². The monoisotopic (exact) mass is 438 g/mol. The van der Waals surface area contributed by atoms with Gasteiger partial charge in [0.1, 0.15) is 24.0 Å². The molecule has 1 aliphatic heterocycles. The second kappa shape index (κ2) is 8.07. The zero-order chi connectivity index (χ0) is 21.4. The molecule has 1 atom stereocenters. The maximum absolute atomic E-state index is 14.8. The van der Waals surface area contributed by atoms with Gasteiger partial charge in [0.15, 0.2) is 11.6 Å². The average Bonchev–Trinajstić information content (AvgIpc) is 3.38. The molecule has 1 unspecified atom stereocenters. The molecule has 0 bridgehead atoms. The van der Waals surface area contributed by atoms with E-state index in [1.807, 2.05) is 30.3 Å². The molecule has 0 saturated carbocycles. The number of pyridine rings is 1. The van der Waals surface area contributed by atoms with Gasteiger partial charge < -0.3 is 19.8 Å². The van der Waals surface area contributed by atoms with Crippen LogP contribution in [0, 0.1) is 5.82 Å². The Morgan fingerprint density at radius 1 is 1.23 bits per heavy atom. The number of fused-ring (bicyclic) bond motifs is 2. The van der Waals surface area contributed by atoms with Crippen LogP contribution in [0.25, 0.3) is 11.0 Å². The van der Waals surface area contributed by atoms with E-state index in [-0.39, 0.29) is 18.3 Å². The summed E-state index contributed by atoms with van der Waals surface area (Å²) in [5, 5.41) is 3.74. The number of aromatic nitrogens is 3. The van der Waals surface area contributed by atoms with Gasteiger partial charge in [0, 0.05) is 29.1 Å². The van der Waals surface area contributed by atoms with E-state index in [0.717, 1.165) is 28.0 Å². The molecular weight excluding hydrogens is 419 g/mol. The van der Waals surface area contributed by atoms with Crippen molar-refractivity contribution in [3.05, 3.63) is 76.5 Å². The molecule has 0 amide bonds. The molecule has 2 aromatic heterocycles. The molecule has 5 rings (SSSR count). The lowest BCUT2D eigenvalue weighted by molar-refractivity contribution is 0.282. The number of hydrogen-bond acceptors (Lipinski definition) is 5. The first-order valence-corrected chi connectivity index (χ1v) is 10.3. The third kappa shape index (κ3) is 3.88. The highest BCUT2D eigenvalue weighted by Gasteiger charge is 2.25. The van der Waals surface area contributed by atoms with Crippen LogP contribution in [0.5, 0.6) is 11.5 Å². The number of methoxy groups -OCH3 is 1. The molecule has 4 aromatic rings. The van der Waals surface area contributed by atoms with Crippen LogP contribution in [0.1, 0.15) is 22.9 Å². The zero-order valence-electron chi connectivity index (χ0n) is 16.8. The van der Waals surface area contributed by atoms with Crippen molar-refractivity contribution < 1.29 is 13.9 Å². The van der Waals surface area contributed by atoms with Gasteiger partial charge in [-0.05, 0) is 36.2 Å². The minimum Gasteiger partial charge on any atom is -0.495 e. The van der Waals surface area contributed by atoms with Crippen LogP contribution in [0.3, 0.4) is 0 Å². The molecule has 0 saturated heterocycles. The summed E-state index contributed by atoms with van der Waals surface area (Å²) in [6.45, 7) is 0.824. The molecule has 1 aliphatic rings. The fraction of sp³-hybridized carbons (Fsp3) is 0.217. The fourth-order valence-electron chi connectivity index (χ4n) is 3.87. The number of nitrogens with one attached hydrogen (secondary N) is 2. The van der Waals surface area contributed by atoms with Gasteiger partial charge in [-0.15, -0.1) is 0 Å². The number of benzene rings is 2. The average molecular weight is 439 g/mol. The lowest BCUT2D eigenvalue weighted by atomic mass is 9.94. The van der Waals surface area contributed by atoms with Crippen LogP contribution >= 0.6 is 11.6 Å². The third-order valence-electron chi connectivity index (χ3n) is 5.45. The molecule has 6 nitrogen and oxygen atoms in total. The summed E-state index contributed by atoms with van der Waals surface area (Å²) >= 11 is 6.48. The highest BCUT2D eigenvalue weighted by molar-refractivity contribution is 6.31. The Morgan fingerprint density at radius 2 is 2.10 bits per heavy atom. The van der Waals surface area contributed by atoms with Crippen molar-refractivity contribution in [1.29, 1.82) is 0 Å². The molecule has 31 heavy (non-hydrogen) atoms. The van der Waals surface area contributed by atoms with Crippen LogP contribution in [0.2, 0.25) is 5.02 Å². The highest BCUT2D eigenvalue weighted by atomic mass is 35.5. The lowest BCUT2D eigenvalue weighted by Gasteiger charge is -2.14. The van der Waals surface area contributed by atoms with Crippen molar-refractivity contribution in [3.8, 4) is 11.5 Å². The van der Waals surface area contributed by atoms with E-state index >= 15 is 0 Å². The van der Waals surface area contributed by atoms with Crippen LogP contribution in [0.4, 0.5) is 10.2 Å². The Labute approximate surface area is 183 Å². The van der Waals surface area contributed by atoms with Gasteiger partial charge in [-0.1, -0.05) is 23.7 Å². The molecule has 8 heteroatoms. The Morgan fingerprint density at radius 3 is 2.94 bits per heavy atom. The predicted molar refractivity (Wildman–Crippen MR) is 118 cm³/mol. The SMILES string of the molecule is COc1cnc2c(c1)C(Cc1cc(F)c(OCc3nc4ccccc4[nH]3)cc1Cl)CN2. The van der Waals surface area contributed by atoms with Gasteiger partial charge in [0.2, 0.25) is 0 Å². The third-order valence-corrected chi connectivity index (χ3v) is 5.81. The number of hydrogen-bond donors (Lipinski definition) is 2. The number of ether oxygens (including phenoxy) is 2. The van der Waals surface area contributed by atoms with Gasteiger partial charge in [-0.2, -0.15) is 0 Å². The van der Waals surface area contributed by atoms with E-state index in [1.54, 1.807) is 13.3 Å². The van der Waals surface area contributed by atoms with Gasteiger partial charge >= 0.3 is 0 Å². The number of anilines is 1. The first kappa shape index (κ1) is 19.6. The summed E-state index contributed by atoms with van der Waals surface area (Å²) in [4.78, 5) is 12.0. The molecule has 0 fully saturated rings. The largest absolute Gasteiger partial charge is 0.495 e. The van der Waals surface area contributed by atoms with Crippen LogP contribution in [-0.2, 0) is 13.0 Å². The summed E-state index contributed by atoms with van der Waals surface area (Å²) in [7, 11) is 1.61. The summed E-state index contributed by atoms with van der Waals surface area (Å²) in [5.74, 6) is 1.91. The smallest absolute Gasteiger partial charge is 0.165 e. The Bertz CT molecular complexity index is 1230. The van der Waals surface area contributed by atoms with Crippen LogP contribution in [-0.4, -0.2) is 28.6 Å². The Balaban J connectivity index is 1.32. The second-order valence-electron chi connectivity index (χ2n) is 7.46. The number of nitrogens with zero attached hydrogens (tertiary/aromatic N) is 2. The zero-order valence-corrected chi connectivity index (χ0v) is 17.5. The summed E-state index contributed by atoms with van der Waals surface area (Å²) < 4.78 is 25.7. The Kier molecular flexibility index (Phi) is 5.11. The standard InChI is InChI=1S/C23H20ClFN4O2/c1-30-15-8-16-14(10-26-23(16)27-11-15)6-13-7-18(25)21(9-17(13)24)31-12-22-28-19-4-2-3-5-20(19)29-22/h2-5,7-9,11,14H,6,10,12H2,1H3,(H,26,27)(H,28,29). The summed E-state index contributed by atoms with van der Waals surface area (Å²) in [6, 6.07) is 12.6. The van der Waals surface area contributed by atoms with E-state index in [0.29, 0.717) is 29.6 Å². The van der Waals surface area contributed by atoms with E-state index < -0.39 is 5.82 Å². The quantitative estimate of drug-likeness (QED) is 0.438. The first-order chi connectivity index (χ1) is 15.1. The van der Waals surface area contributed by atoms with Crippen molar-refractivity contribution in [2.75, 3.05) is 19.0 Å². The lowest BCUT2D eigenvalue weighted by Crippen LogP contribution is -2.07. The van der Waals surface area contributed by atoms with E-state index in [1.165, 1.54) is 12.1 Å².